The highest BCUT2D eigenvalue weighted by Crippen LogP contribution is 2.50. The summed E-state index contributed by atoms with van der Waals surface area (Å²) in [4.78, 5) is 0. The molecule has 0 spiro atoms. The molecule has 0 heterocycles. The lowest BCUT2D eigenvalue weighted by molar-refractivity contribution is 1.01. The monoisotopic (exact) mass is 530 g/mol. The molecule has 0 fully saturated rings. The van der Waals surface area contributed by atoms with Crippen molar-refractivity contribution in [3.8, 4) is 33.4 Å². The van der Waals surface area contributed by atoms with E-state index in [1.165, 1.54) is 72.3 Å². The first-order valence-electron chi connectivity index (χ1n) is 13.9. The van der Waals surface area contributed by atoms with Gasteiger partial charge in [-0.25, -0.2) is 0 Å². The number of rotatable bonds is 3. The van der Waals surface area contributed by atoms with Crippen LogP contribution in [0.25, 0.3) is 33.4 Å². The van der Waals surface area contributed by atoms with Gasteiger partial charge in [0.2, 0.25) is 0 Å². The van der Waals surface area contributed by atoms with Crippen LogP contribution in [0.1, 0.15) is 50.8 Å². The summed E-state index contributed by atoms with van der Waals surface area (Å²) in [5.41, 5.74) is 17.2. The van der Waals surface area contributed by atoms with Crippen molar-refractivity contribution in [1.82, 2.24) is 0 Å². The summed E-state index contributed by atoms with van der Waals surface area (Å²) < 4.78 is 0. The van der Waals surface area contributed by atoms with Gasteiger partial charge in [0.15, 0.2) is 0 Å². The van der Waals surface area contributed by atoms with Crippen LogP contribution in [0.5, 0.6) is 0 Å². The summed E-state index contributed by atoms with van der Waals surface area (Å²) in [6.07, 6.45) is 0. The Labute approximate surface area is 240 Å². The van der Waals surface area contributed by atoms with Crippen LogP contribution >= 0.6 is 11.6 Å². The predicted molar refractivity (Wildman–Crippen MR) is 167 cm³/mol. The van der Waals surface area contributed by atoms with Crippen molar-refractivity contribution in [2.45, 2.75) is 18.8 Å². The molecule has 0 radical (unpaired) electrons. The van der Waals surface area contributed by atoms with E-state index in [1.54, 1.807) is 0 Å². The first kappa shape index (κ1) is 23.5. The molecule has 2 aliphatic rings. The molecule has 2 aliphatic carbocycles. The smallest absolute Gasteiger partial charge is 0.0412 e. The van der Waals surface area contributed by atoms with Crippen LogP contribution < -0.4 is 0 Å². The van der Waals surface area contributed by atoms with Crippen molar-refractivity contribution in [2.75, 3.05) is 0 Å². The molecule has 1 atom stereocenters. The Morgan fingerprint density at radius 1 is 0.425 bits per heavy atom. The minimum Gasteiger partial charge on any atom is -0.0843 e. The maximum Gasteiger partial charge on any atom is 0.0412 e. The van der Waals surface area contributed by atoms with E-state index >= 15 is 0 Å². The van der Waals surface area contributed by atoms with Gasteiger partial charge in [-0.2, -0.15) is 0 Å². The number of hydrogen-bond acceptors (Lipinski definition) is 0. The Balaban J connectivity index is 1.25. The molecule has 190 valence electrons. The van der Waals surface area contributed by atoms with Gasteiger partial charge in [0.1, 0.15) is 0 Å². The SMILES string of the molecule is Cc1cc(-c2cccc(C3c4ccccc4-c4ccccc43)c2)cc(C2c3ccccc3-c3cc(Cl)ccc32)c1. The standard InChI is InChI=1S/C39H27Cl/c1-24-19-27(22-28(20-24)39-35-16-7-4-13-32(35)37-23-29(40)17-18-36(37)39)25-9-8-10-26(21-25)38-33-14-5-2-11-30(33)31-12-3-6-15-34(31)38/h2-23,38-39H,1H3. The van der Waals surface area contributed by atoms with Gasteiger partial charge < -0.3 is 0 Å². The molecule has 0 N–H and O–H groups in total. The topological polar surface area (TPSA) is 0 Å². The van der Waals surface area contributed by atoms with E-state index in [-0.39, 0.29) is 11.8 Å². The van der Waals surface area contributed by atoms with Gasteiger partial charge in [-0.3, -0.25) is 0 Å². The third-order valence-electron chi connectivity index (χ3n) is 8.71. The zero-order chi connectivity index (χ0) is 26.8. The number of fused-ring (bicyclic) bond motifs is 6. The molecule has 40 heavy (non-hydrogen) atoms. The predicted octanol–water partition coefficient (Wildman–Crippen LogP) is 10.6. The van der Waals surface area contributed by atoms with E-state index < -0.39 is 0 Å². The lowest BCUT2D eigenvalue weighted by atomic mass is 9.85. The molecule has 0 amide bonds. The van der Waals surface area contributed by atoms with E-state index in [0.29, 0.717) is 0 Å². The molecule has 6 aromatic rings. The molecule has 0 nitrogen and oxygen atoms in total. The minimum atomic E-state index is 0.193. The first-order chi connectivity index (χ1) is 19.7. The Morgan fingerprint density at radius 2 is 0.975 bits per heavy atom. The maximum absolute atomic E-state index is 6.45. The summed E-state index contributed by atoms with van der Waals surface area (Å²) >= 11 is 6.45. The first-order valence-corrected chi connectivity index (χ1v) is 14.3. The van der Waals surface area contributed by atoms with E-state index in [4.69, 9.17) is 11.6 Å². The van der Waals surface area contributed by atoms with Crippen LogP contribution in [0.3, 0.4) is 0 Å². The van der Waals surface area contributed by atoms with Gasteiger partial charge in [-0.05, 0) is 85.8 Å². The zero-order valence-corrected chi connectivity index (χ0v) is 23.0. The van der Waals surface area contributed by atoms with Crippen molar-refractivity contribution in [2.24, 2.45) is 0 Å². The number of halogens is 1. The van der Waals surface area contributed by atoms with E-state index in [0.717, 1.165) is 5.02 Å². The molecule has 0 bridgehead atoms. The molecular weight excluding hydrogens is 504 g/mol. The van der Waals surface area contributed by atoms with Crippen molar-refractivity contribution in [1.29, 1.82) is 0 Å². The lowest BCUT2D eigenvalue weighted by Crippen LogP contribution is -2.01. The Kier molecular flexibility index (Phi) is 5.33. The highest BCUT2D eigenvalue weighted by atomic mass is 35.5. The fourth-order valence-corrected chi connectivity index (χ4v) is 7.26. The Bertz CT molecular complexity index is 1900. The summed E-state index contributed by atoms with van der Waals surface area (Å²) in [6.45, 7) is 2.21. The zero-order valence-electron chi connectivity index (χ0n) is 22.2. The minimum absolute atomic E-state index is 0.193. The Morgan fingerprint density at radius 3 is 1.65 bits per heavy atom. The molecular formula is C39H27Cl. The van der Waals surface area contributed by atoms with Crippen LogP contribution in [0.15, 0.2) is 133 Å². The molecule has 6 aromatic carbocycles. The molecule has 1 heteroatoms. The van der Waals surface area contributed by atoms with Crippen molar-refractivity contribution < 1.29 is 0 Å². The quantitative estimate of drug-likeness (QED) is 0.213. The van der Waals surface area contributed by atoms with Crippen LogP contribution in [-0.4, -0.2) is 0 Å². The second-order valence-corrected chi connectivity index (χ2v) is 11.6. The van der Waals surface area contributed by atoms with Crippen LogP contribution in [-0.2, 0) is 0 Å². The molecule has 0 aromatic heterocycles. The molecule has 0 aliphatic heterocycles. The van der Waals surface area contributed by atoms with Crippen LogP contribution in [0.2, 0.25) is 5.02 Å². The van der Waals surface area contributed by atoms with Crippen molar-refractivity contribution >= 4 is 11.6 Å². The van der Waals surface area contributed by atoms with Gasteiger partial charge >= 0.3 is 0 Å². The maximum atomic E-state index is 6.45. The Hall–Kier alpha value is -4.39. The van der Waals surface area contributed by atoms with Gasteiger partial charge in [0.05, 0.1) is 0 Å². The summed E-state index contributed by atoms with van der Waals surface area (Å²) in [7, 11) is 0. The third-order valence-corrected chi connectivity index (χ3v) is 8.94. The fraction of sp³-hybridized carbons (Fsp3) is 0.0769. The molecule has 0 saturated carbocycles. The van der Waals surface area contributed by atoms with Gasteiger partial charge in [0.25, 0.3) is 0 Å². The average Bonchev–Trinajstić information content (AvgIpc) is 3.50. The van der Waals surface area contributed by atoms with Crippen LogP contribution in [0, 0.1) is 6.92 Å². The lowest BCUT2D eigenvalue weighted by Gasteiger charge is -2.18. The molecule has 0 saturated heterocycles. The second-order valence-electron chi connectivity index (χ2n) is 11.1. The van der Waals surface area contributed by atoms with Gasteiger partial charge in [-0.15, -0.1) is 0 Å². The van der Waals surface area contributed by atoms with Gasteiger partial charge in [0, 0.05) is 16.9 Å². The number of hydrogen-bond donors (Lipinski definition) is 0. The van der Waals surface area contributed by atoms with Crippen molar-refractivity contribution in [3.05, 3.63) is 177 Å². The van der Waals surface area contributed by atoms with E-state index in [9.17, 15) is 0 Å². The third kappa shape index (κ3) is 3.60. The fourth-order valence-electron chi connectivity index (χ4n) is 7.09. The second kappa shape index (κ2) is 9.08. The molecule has 1 unspecified atom stereocenters. The van der Waals surface area contributed by atoms with E-state index in [1.807, 2.05) is 6.07 Å². The van der Waals surface area contributed by atoms with Crippen molar-refractivity contribution in [3.63, 3.8) is 0 Å². The summed E-state index contributed by atoms with van der Waals surface area (Å²) in [6, 6.07) is 49.1. The summed E-state index contributed by atoms with van der Waals surface area (Å²) in [5.74, 6) is 0.439. The molecule has 8 rings (SSSR count). The number of aryl methyl sites for hydroxylation is 1. The highest BCUT2D eigenvalue weighted by molar-refractivity contribution is 6.31. The van der Waals surface area contributed by atoms with Crippen LogP contribution in [0.4, 0.5) is 0 Å². The largest absolute Gasteiger partial charge is 0.0843 e. The van der Waals surface area contributed by atoms with E-state index in [2.05, 4.69) is 134 Å². The average molecular weight is 531 g/mol. The number of benzene rings is 6. The van der Waals surface area contributed by atoms with Gasteiger partial charge in [-0.1, -0.05) is 138 Å². The summed E-state index contributed by atoms with van der Waals surface area (Å²) in [5, 5.41) is 0.783. The highest BCUT2D eigenvalue weighted by Gasteiger charge is 2.31. The normalized spacial score (nSPS) is 14.9.